The van der Waals surface area contributed by atoms with Crippen LogP contribution in [-0.2, 0) is 13.2 Å². The molecule has 0 atom stereocenters. The minimum Gasteiger partial charge on any atom is -0.473 e. The lowest BCUT2D eigenvalue weighted by Crippen LogP contribution is -2.48. The highest BCUT2D eigenvalue weighted by Gasteiger charge is 2.24. The summed E-state index contributed by atoms with van der Waals surface area (Å²) in [7, 11) is 0. The zero-order valence-corrected chi connectivity index (χ0v) is 17.4. The van der Waals surface area contributed by atoms with E-state index in [1.165, 1.54) is 0 Å². The summed E-state index contributed by atoms with van der Waals surface area (Å²) < 4.78 is 11.0. The molecule has 1 aliphatic heterocycles. The van der Waals surface area contributed by atoms with Gasteiger partial charge in [-0.1, -0.05) is 35.5 Å². The summed E-state index contributed by atoms with van der Waals surface area (Å²) in [6.07, 6.45) is 1.63. The van der Waals surface area contributed by atoms with Gasteiger partial charge in [0.25, 0.3) is 5.91 Å². The lowest BCUT2D eigenvalue weighted by Gasteiger charge is -2.34. The van der Waals surface area contributed by atoms with Crippen LogP contribution < -0.4 is 4.74 Å². The summed E-state index contributed by atoms with van der Waals surface area (Å²) >= 11 is 0. The normalized spacial score (nSPS) is 14.7. The smallest absolute Gasteiger partial charge is 0.254 e. The van der Waals surface area contributed by atoms with Crippen molar-refractivity contribution in [1.29, 1.82) is 0 Å². The number of pyridine rings is 1. The topological polar surface area (TPSA) is 71.7 Å². The van der Waals surface area contributed by atoms with Crippen LogP contribution in [0, 0.1) is 13.8 Å². The average Bonchev–Trinajstić information content (AvgIpc) is 3.11. The minimum atomic E-state index is 0.0129. The van der Waals surface area contributed by atoms with Gasteiger partial charge in [-0.3, -0.25) is 9.69 Å². The van der Waals surface area contributed by atoms with Crippen molar-refractivity contribution >= 4 is 5.91 Å². The summed E-state index contributed by atoms with van der Waals surface area (Å²) in [5.74, 6) is 1.34. The molecule has 3 heterocycles. The number of carbonyl (C=O) groups is 1. The van der Waals surface area contributed by atoms with Crippen molar-refractivity contribution in [3.05, 3.63) is 76.8 Å². The van der Waals surface area contributed by atoms with E-state index < -0.39 is 0 Å². The number of nitrogens with zero attached hydrogens (tertiary/aromatic N) is 4. The van der Waals surface area contributed by atoms with Crippen LogP contribution >= 0.6 is 0 Å². The van der Waals surface area contributed by atoms with Gasteiger partial charge in [0.2, 0.25) is 5.88 Å². The standard InChI is InChI=1S/C23H26N4O3/c1-17-21(18(2)30-25-17)15-26-10-12-27(13-11-26)23(28)20-8-9-24-22(14-20)29-16-19-6-4-3-5-7-19/h3-9,14H,10-13,15-16H2,1-2H3. The van der Waals surface area contributed by atoms with E-state index in [0.29, 0.717) is 31.1 Å². The van der Waals surface area contributed by atoms with Gasteiger partial charge in [0.15, 0.2) is 0 Å². The Hall–Kier alpha value is -3.19. The van der Waals surface area contributed by atoms with Gasteiger partial charge in [0.1, 0.15) is 12.4 Å². The van der Waals surface area contributed by atoms with Crippen LogP contribution in [0.4, 0.5) is 0 Å². The molecule has 1 fully saturated rings. The molecule has 1 saturated heterocycles. The van der Waals surface area contributed by atoms with Crippen LogP contribution in [0.3, 0.4) is 0 Å². The number of carbonyl (C=O) groups excluding carboxylic acids is 1. The molecule has 156 valence electrons. The fourth-order valence-electron chi connectivity index (χ4n) is 3.60. The fraction of sp³-hybridized carbons (Fsp3) is 0.348. The molecular formula is C23H26N4O3. The van der Waals surface area contributed by atoms with Gasteiger partial charge in [0.05, 0.1) is 5.69 Å². The summed E-state index contributed by atoms with van der Waals surface area (Å²) in [4.78, 5) is 21.4. The number of piperazine rings is 1. The lowest BCUT2D eigenvalue weighted by atomic mass is 10.1. The van der Waals surface area contributed by atoms with Crippen molar-refractivity contribution in [2.75, 3.05) is 26.2 Å². The van der Waals surface area contributed by atoms with Crippen molar-refractivity contribution in [3.8, 4) is 5.88 Å². The molecule has 4 rings (SSSR count). The molecule has 7 nitrogen and oxygen atoms in total. The monoisotopic (exact) mass is 406 g/mol. The molecule has 2 aromatic heterocycles. The van der Waals surface area contributed by atoms with Crippen molar-refractivity contribution in [2.45, 2.75) is 27.0 Å². The first-order valence-electron chi connectivity index (χ1n) is 10.2. The maximum Gasteiger partial charge on any atom is 0.254 e. The number of rotatable bonds is 6. The molecule has 1 amide bonds. The Morgan fingerprint density at radius 2 is 1.87 bits per heavy atom. The van der Waals surface area contributed by atoms with E-state index in [1.807, 2.05) is 49.1 Å². The summed E-state index contributed by atoms with van der Waals surface area (Å²) in [6.45, 7) is 8.14. The maximum absolute atomic E-state index is 13.0. The third kappa shape index (κ3) is 4.68. The molecular weight excluding hydrogens is 380 g/mol. The summed E-state index contributed by atoms with van der Waals surface area (Å²) in [5, 5.41) is 4.02. The number of hydrogen-bond donors (Lipinski definition) is 0. The van der Waals surface area contributed by atoms with Crippen LogP contribution in [0.1, 0.15) is 32.9 Å². The molecule has 0 aliphatic carbocycles. The number of ether oxygens (including phenoxy) is 1. The number of benzene rings is 1. The third-order valence-corrected chi connectivity index (χ3v) is 5.43. The molecule has 0 N–H and O–H groups in total. The Labute approximate surface area is 176 Å². The van der Waals surface area contributed by atoms with Gasteiger partial charge < -0.3 is 14.2 Å². The quantitative estimate of drug-likeness (QED) is 0.626. The van der Waals surface area contributed by atoms with Gasteiger partial charge in [-0.05, 0) is 25.5 Å². The minimum absolute atomic E-state index is 0.0129. The van der Waals surface area contributed by atoms with Crippen molar-refractivity contribution in [1.82, 2.24) is 19.9 Å². The Balaban J connectivity index is 1.33. The predicted molar refractivity (Wildman–Crippen MR) is 112 cm³/mol. The second-order valence-corrected chi connectivity index (χ2v) is 7.53. The molecule has 1 aromatic carbocycles. The average molecular weight is 406 g/mol. The Kier molecular flexibility index (Phi) is 6.09. The largest absolute Gasteiger partial charge is 0.473 e. The molecule has 7 heteroatoms. The van der Waals surface area contributed by atoms with Crippen LogP contribution in [0.5, 0.6) is 5.88 Å². The second kappa shape index (κ2) is 9.09. The SMILES string of the molecule is Cc1noc(C)c1CN1CCN(C(=O)c2ccnc(OCc3ccccc3)c2)CC1. The number of hydrogen-bond acceptors (Lipinski definition) is 6. The Morgan fingerprint density at radius 1 is 1.10 bits per heavy atom. The molecule has 0 bridgehead atoms. The molecule has 0 spiro atoms. The molecule has 30 heavy (non-hydrogen) atoms. The van der Waals surface area contributed by atoms with E-state index >= 15 is 0 Å². The van der Waals surface area contributed by atoms with Gasteiger partial charge in [0, 0.05) is 56.1 Å². The Bertz CT molecular complexity index is 975. The highest BCUT2D eigenvalue weighted by atomic mass is 16.5. The van der Waals surface area contributed by atoms with Gasteiger partial charge in [-0.2, -0.15) is 0 Å². The van der Waals surface area contributed by atoms with E-state index in [4.69, 9.17) is 9.26 Å². The fourth-order valence-corrected chi connectivity index (χ4v) is 3.60. The summed E-state index contributed by atoms with van der Waals surface area (Å²) in [5.41, 5.74) is 3.74. The first-order chi connectivity index (χ1) is 14.6. The zero-order chi connectivity index (χ0) is 20.9. The molecule has 0 unspecified atom stereocenters. The van der Waals surface area contributed by atoms with Crippen LogP contribution in [0.15, 0.2) is 53.2 Å². The number of amides is 1. The van der Waals surface area contributed by atoms with Crippen LogP contribution in [0.25, 0.3) is 0 Å². The third-order valence-electron chi connectivity index (χ3n) is 5.43. The highest BCUT2D eigenvalue weighted by molar-refractivity contribution is 5.94. The zero-order valence-electron chi connectivity index (χ0n) is 17.4. The number of aryl methyl sites for hydroxylation is 2. The Morgan fingerprint density at radius 3 is 2.57 bits per heavy atom. The summed E-state index contributed by atoms with van der Waals surface area (Å²) in [6, 6.07) is 13.4. The van der Waals surface area contributed by atoms with E-state index in [9.17, 15) is 4.79 Å². The molecule has 0 radical (unpaired) electrons. The van der Waals surface area contributed by atoms with E-state index in [2.05, 4.69) is 15.0 Å². The van der Waals surface area contributed by atoms with Crippen molar-refractivity contribution < 1.29 is 14.1 Å². The van der Waals surface area contributed by atoms with Crippen molar-refractivity contribution in [3.63, 3.8) is 0 Å². The molecule has 1 aliphatic rings. The number of aromatic nitrogens is 2. The van der Waals surface area contributed by atoms with E-state index in [-0.39, 0.29) is 5.91 Å². The first kappa shape index (κ1) is 20.1. The molecule has 3 aromatic rings. The maximum atomic E-state index is 13.0. The van der Waals surface area contributed by atoms with E-state index in [1.54, 1.807) is 18.3 Å². The van der Waals surface area contributed by atoms with E-state index in [0.717, 1.165) is 42.2 Å². The van der Waals surface area contributed by atoms with Gasteiger partial charge in [-0.25, -0.2) is 4.98 Å². The second-order valence-electron chi connectivity index (χ2n) is 7.53. The first-order valence-corrected chi connectivity index (χ1v) is 10.2. The molecule has 0 saturated carbocycles. The van der Waals surface area contributed by atoms with Gasteiger partial charge in [-0.15, -0.1) is 0 Å². The van der Waals surface area contributed by atoms with Gasteiger partial charge >= 0.3 is 0 Å². The lowest BCUT2D eigenvalue weighted by molar-refractivity contribution is 0.0627. The predicted octanol–water partition coefficient (Wildman–Crippen LogP) is 3.22. The van der Waals surface area contributed by atoms with Crippen LogP contribution in [0.2, 0.25) is 0 Å². The van der Waals surface area contributed by atoms with Crippen molar-refractivity contribution in [2.24, 2.45) is 0 Å². The van der Waals surface area contributed by atoms with Crippen LogP contribution in [-0.4, -0.2) is 52.0 Å². The highest BCUT2D eigenvalue weighted by Crippen LogP contribution is 2.18.